The fraction of sp³-hybridized carbons (Fsp3) is 0.500. The molecular weight excluding hydrogens is 322 g/mol. The Hall–Kier alpha value is -2.52. The highest BCUT2D eigenvalue weighted by Gasteiger charge is 2.28. The van der Waals surface area contributed by atoms with Crippen molar-refractivity contribution in [2.45, 2.75) is 38.5 Å². The molecule has 1 aliphatic rings. The molecule has 0 spiro atoms. The Balaban J connectivity index is 1.71. The van der Waals surface area contributed by atoms with E-state index in [9.17, 15) is 10.2 Å². The Morgan fingerprint density at radius 1 is 1.36 bits per heavy atom. The van der Waals surface area contributed by atoms with E-state index < -0.39 is 5.60 Å². The van der Waals surface area contributed by atoms with Crippen molar-refractivity contribution in [2.24, 2.45) is 0 Å². The van der Waals surface area contributed by atoms with Crippen molar-refractivity contribution in [1.29, 1.82) is 0 Å². The van der Waals surface area contributed by atoms with Gasteiger partial charge in [0, 0.05) is 30.3 Å². The SMILES string of the molecule is CC1CN(c2ncnc3c2ncn3CC(C)(O)CO)Cc2cn[nH]c21. The van der Waals surface area contributed by atoms with Crippen LogP contribution in [0.2, 0.25) is 0 Å². The lowest BCUT2D eigenvalue weighted by atomic mass is 9.98. The first-order chi connectivity index (χ1) is 12.0. The van der Waals surface area contributed by atoms with Crippen LogP contribution in [-0.2, 0) is 13.1 Å². The highest BCUT2D eigenvalue weighted by molar-refractivity contribution is 5.83. The van der Waals surface area contributed by atoms with Crippen LogP contribution in [0.3, 0.4) is 0 Å². The summed E-state index contributed by atoms with van der Waals surface area (Å²) >= 11 is 0. The lowest BCUT2D eigenvalue weighted by Crippen LogP contribution is -2.34. The number of aliphatic hydroxyl groups excluding tert-OH is 1. The molecule has 4 rings (SSSR count). The lowest BCUT2D eigenvalue weighted by Gasteiger charge is -2.31. The van der Waals surface area contributed by atoms with Gasteiger partial charge < -0.3 is 19.7 Å². The zero-order valence-electron chi connectivity index (χ0n) is 14.2. The number of H-pyrrole nitrogens is 1. The van der Waals surface area contributed by atoms with Crippen LogP contribution < -0.4 is 4.90 Å². The first kappa shape index (κ1) is 16.0. The maximum absolute atomic E-state index is 10.1. The van der Waals surface area contributed by atoms with Crippen LogP contribution in [0.25, 0.3) is 11.2 Å². The van der Waals surface area contributed by atoms with Crippen molar-refractivity contribution < 1.29 is 10.2 Å². The largest absolute Gasteiger partial charge is 0.393 e. The molecule has 0 radical (unpaired) electrons. The fourth-order valence-corrected chi connectivity index (χ4v) is 3.36. The summed E-state index contributed by atoms with van der Waals surface area (Å²) in [7, 11) is 0. The molecule has 0 aromatic carbocycles. The van der Waals surface area contributed by atoms with Crippen LogP contribution in [0.4, 0.5) is 5.82 Å². The van der Waals surface area contributed by atoms with Crippen molar-refractivity contribution in [2.75, 3.05) is 18.1 Å². The van der Waals surface area contributed by atoms with E-state index in [1.54, 1.807) is 17.8 Å². The van der Waals surface area contributed by atoms with Crippen LogP contribution in [0.15, 0.2) is 18.9 Å². The number of anilines is 1. The molecule has 2 atom stereocenters. The summed E-state index contributed by atoms with van der Waals surface area (Å²) in [6, 6.07) is 0. The van der Waals surface area contributed by atoms with Crippen molar-refractivity contribution in [3.63, 3.8) is 0 Å². The zero-order valence-corrected chi connectivity index (χ0v) is 14.2. The van der Waals surface area contributed by atoms with E-state index >= 15 is 0 Å². The predicted octanol–water partition coefficient (Wildman–Crippen LogP) is 0.416. The van der Waals surface area contributed by atoms with Gasteiger partial charge in [0.1, 0.15) is 11.9 Å². The smallest absolute Gasteiger partial charge is 0.165 e. The number of aromatic amines is 1. The van der Waals surface area contributed by atoms with E-state index in [0.717, 1.165) is 17.9 Å². The summed E-state index contributed by atoms with van der Waals surface area (Å²) in [6.07, 6.45) is 5.00. The van der Waals surface area contributed by atoms with Gasteiger partial charge in [0.2, 0.25) is 0 Å². The molecule has 132 valence electrons. The van der Waals surface area contributed by atoms with Crippen molar-refractivity contribution in [1.82, 2.24) is 29.7 Å². The number of hydrogen-bond acceptors (Lipinski definition) is 7. The summed E-state index contributed by atoms with van der Waals surface area (Å²) in [6.45, 7) is 5.12. The maximum Gasteiger partial charge on any atom is 0.165 e. The van der Waals surface area contributed by atoms with E-state index in [4.69, 9.17) is 0 Å². The van der Waals surface area contributed by atoms with Crippen molar-refractivity contribution in [3.8, 4) is 0 Å². The van der Waals surface area contributed by atoms with Crippen LogP contribution in [-0.4, -0.2) is 58.7 Å². The second-order valence-corrected chi connectivity index (χ2v) is 6.99. The number of rotatable bonds is 4. The molecule has 3 aromatic heterocycles. The average molecular weight is 343 g/mol. The maximum atomic E-state index is 10.1. The molecule has 4 heterocycles. The first-order valence-electron chi connectivity index (χ1n) is 8.24. The molecular formula is C16H21N7O2. The standard InChI is InChI=1S/C16H21N7O2/c1-10-4-22(5-11-3-20-21-12(10)11)14-13-15(18-8-17-14)23(9-19-13)6-16(2,25)7-24/h3,8-10,24-25H,4-7H2,1-2H3,(H,20,21). The monoisotopic (exact) mass is 343 g/mol. The van der Waals surface area contributed by atoms with Crippen LogP contribution in [0.5, 0.6) is 0 Å². The molecule has 0 saturated carbocycles. The first-order valence-corrected chi connectivity index (χ1v) is 8.24. The molecule has 3 aromatic rings. The van der Waals surface area contributed by atoms with E-state index in [2.05, 4.69) is 37.0 Å². The second kappa shape index (κ2) is 5.78. The Labute approximate surface area is 144 Å². The van der Waals surface area contributed by atoms with Crippen molar-refractivity contribution in [3.05, 3.63) is 30.1 Å². The van der Waals surface area contributed by atoms with Gasteiger partial charge in [-0.1, -0.05) is 6.92 Å². The molecule has 0 fully saturated rings. The minimum atomic E-state index is -1.23. The van der Waals surface area contributed by atoms with Crippen molar-refractivity contribution >= 4 is 17.0 Å². The third-order valence-corrected chi connectivity index (χ3v) is 4.63. The van der Waals surface area contributed by atoms with Gasteiger partial charge in [0.05, 0.1) is 25.7 Å². The quantitative estimate of drug-likeness (QED) is 0.628. The van der Waals surface area contributed by atoms with E-state index in [0.29, 0.717) is 23.6 Å². The Kier molecular flexibility index (Phi) is 3.69. The molecule has 25 heavy (non-hydrogen) atoms. The number of imidazole rings is 1. The van der Waals surface area contributed by atoms with Gasteiger partial charge >= 0.3 is 0 Å². The van der Waals surface area contributed by atoms with Crippen LogP contribution in [0, 0.1) is 0 Å². The van der Waals surface area contributed by atoms with Gasteiger partial charge in [-0.25, -0.2) is 15.0 Å². The number of aliphatic hydroxyl groups is 2. The van der Waals surface area contributed by atoms with Gasteiger partial charge in [-0.15, -0.1) is 0 Å². The third kappa shape index (κ3) is 2.75. The summed E-state index contributed by atoms with van der Waals surface area (Å²) < 4.78 is 1.74. The van der Waals surface area contributed by atoms with E-state index in [1.165, 1.54) is 12.0 Å². The summed E-state index contributed by atoms with van der Waals surface area (Å²) in [4.78, 5) is 15.4. The molecule has 9 heteroatoms. The van der Waals surface area contributed by atoms with Crippen LogP contribution in [0.1, 0.15) is 31.0 Å². The molecule has 3 N–H and O–H groups in total. The average Bonchev–Trinajstić information content (AvgIpc) is 3.22. The van der Waals surface area contributed by atoms with Gasteiger partial charge in [0.15, 0.2) is 17.0 Å². The molecule has 1 aliphatic heterocycles. The lowest BCUT2D eigenvalue weighted by molar-refractivity contribution is -0.0113. The van der Waals surface area contributed by atoms with Gasteiger partial charge in [-0.3, -0.25) is 5.10 Å². The number of hydrogen-bond donors (Lipinski definition) is 3. The molecule has 0 aliphatic carbocycles. The van der Waals surface area contributed by atoms with Gasteiger partial charge in [-0.2, -0.15) is 5.10 Å². The minimum absolute atomic E-state index is 0.207. The predicted molar refractivity (Wildman–Crippen MR) is 91.1 cm³/mol. The molecule has 0 amide bonds. The van der Waals surface area contributed by atoms with Crippen LogP contribution >= 0.6 is 0 Å². The van der Waals surface area contributed by atoms with Gasteiger partial charge in [-0.05, 0) is 6.92 Å². The highest BCUT2D eigenvalue weighted by Crippen LogP contribution is 2.31. The van der Waals surface area contributed by atoms with Gasteiger partial charge in [0.25, 0.3) is 0 Å². The number of nitrogens with one attached hydrogen (secondary N) is 1. The normalized spacial score (nSPS) is 19.8. The number of nitrogens with zero attached hydrogens (tertiary/aromatic N) is 6. The third-order valence-electron chi connectivity index (χ3n) is 4.63. The van der Waals surface area contributed by atoms with E-state index in [-0.39, 0.29) is 13.2 Å². The molecule has 0 bridgehead atoms. The topological polar surface area (TPSA) is 116 Å². The number of fused-ring (bicyclic) bond motifs is 2. The summed E-state index contributed by atoms with van der Waals surface area (Å²) in [5, 5.41) is 26.6. The summed E-state index contributed by atoms with van der Waals surface area (Å²) in [5.74, 6) is 1.08. The zero-order chi connectivity index (χ0) is 17.6. The fourth-order valence-electron chi connectivity index (χ4n) is 3.36. The number of aromatic nitrogens is 6. The Morgan fingerprint density at radius 2 is 2.20 bits per heavy atom. The minimum Gasteiger partial charge on any atom is -0.393 e. The van der Waals surface area contributed by atoms with E-state index in [1.807, 2.05) is 6.20 Å². The summed E-state index contributed by atoms with van der Waals surface area (Å²) in [5.41, 5.74) is 2.43. The molecule has 0 saturated heterocycles. The molecule has 9 nitrogen and oxygen atoms in total. The Bertz CT molecular complexity index is 901. The second-order valence-electron chi connectivity index (χ2n) is 6.99. The Morgan fingerprint density at radius 3 is 3.00 bits per heavy atom. The highest BCUT2D eigenvalue weighted by atomic mass is 16.3. The molecule has 2 unspecified atom stereocenters.